The number of fused-ring (bicyclic) bond motifs is 2. The Balaban J connectivity index is 1.38. The molecule has 0 aliphatic carbocycles. The third kappa shape index (κ3) is 3.59. The predicted molar refractivity (Wildman–Crippen MR) is 100 cm³/mol. The standard InChI is InChI=1S/C19H29N5O/c1-23-15-6-4-7-16(23)13-14(12-15)21-19(25)22-17-8-5-9-20-18(17)24-10-2-3-11-24/h5,8-9,14-16H,2-4,6-7,10-13H2,1H3,(H2,21,22,25). The molecule has 2 bridgehead atoms. The highest BCUT2D eigenvalue weighted by molar-refractivity contribution is 5.92. The lowest BCUT2D eigenvalue weighted by molar-refractivity contribution is 0.0513. The Morgan fingerprint density at radius 3 is 2.60 bits per heavy atom. The van der Waals surface area contributed by atoms with Crippen LogP contribution in [0.25, 0.3) is 0 Å². The first-order valence-corrected chi connectivity index (χ1v) is 9.70. The zero-order valence-electron chi connectivity index (χ0n) is 15.1. The van der Waals surface area contributed by atoms with Crippen molar-refractivity contribution in [2.24, 2.45) is 0 Å². The molecule has 3 fully saturated rings. The minimum absolute atomic E-state index is 0.0962. The molecule has 6 nitrogen and oxygen atoms in total. The lowest BCUT2D eigenvalue weighted by Gasteiger charge is -2.47. The highest BCUT2D eigenvalue weighted by atomic mass is 16.2. The van der Waals surface area contributed by atoms with E-state index in [-0.39, 0.29) is 12.1 Å². The average Bonchev–Trinajstić information content (AvgIpc) is 3.10. The Morgan fingerprint density at radius 1 is 1.16 bits per heavy atom. The van der Waals surface area contributed by atoms with Crippen LogP contribution in [0, 0.1) is 0 Å². The Bertz CT molecular complexity index is 602. The van der Waals surface area contributed by atoms with Gasteiger partial charge in [-0.1, -0.05) is 6.42 Å². The van der Waals surface area contributed by atoms with E-state index < -0.39 is 0 Å². The van der Waals surface area contributed by atoms with Crippen molar-refractivity contribution >= 4 is 17.5 Å². The molecule has 0 aromatic carbocycles. The number of pyridine rings is 1. The van der Waals surface area contributed by atoms with E-state index in [1.807, 2.05) is 12.1 Å². The molecule has 0 radical (unpaired) electrons. The van der Waals surface area contributed by atoms with Gasteiger partial charge in [-0.05, 0) is 57.7 Å². The van der Waals surface area contributed by atoms with Gasteiger partial charge in [-0.2, -0.15) is 0 Å². The van der Waals surface area contributed by atoms with Gasteiger partial charge in [0.25, 0.3) is 0 Å². The van der Waals surface area contributed by atoms with Crippen molar-refractivity contribution < 1.29 is 4.79 Å². The van der Waals surface area contributed by atoms with Gasteiger partial charge in [-0.25, -0.2) is 9.78 Å². The van der Waals surface area contributed by atoms with Crippen molar-refractivity contribution in [2.75, 3.05) is 30.4 Å². The SMILES string of the molecule is CN1C2CCCC1CC(NC(=O)Nc1cccnc1N1CCCC1)C2. The van der Waals surface area contributed by atoms with Crippen LogP contribution < -0.4 is 15.5 Å². The smallest absolute Gasteiger partial charge is 0.319 e. The van der Waals surface area contributed by atoms with E-state index in [4.69, 9.17) is 0 Å². The molecule has 4 heterocycles. The topological polar surface area (TPSA) is 60.5 Å². The Hall–Kier alpha value is -1.82. The second kappa shape index (κ2) is 7.20. The summed E-state index contributed by atoms with van der Waals surface area (Å²) >= 11 is 0. The fraction of sp³-hybridized carbons (Fsp3) is 0.684. The molecule has 2 atom stereocenters. The number of urea groups is 1. The Kier molecular flexibility index (Phi) is 4.79. The van der Waals surface area contributed by atoms with E-state index >= 15 is 0 Å². The van der Waals surface area contributed by atoms with Crippen LogP contribution in [0.15, 0.2) is 18.3 Å². The van der Waals surface area contributed by atoms with Crippen LogP contribution in [-0.2, 0) is 0 Å². The van der Waals surface area contributed by atoms with Gasteiger partial charge < -0.3 is 20.4 Å². The molecule has 0 saturated carbocycles. The van der Waals surface area contributed by atoms with Gasteiger partial charge in [0.15, 0.2) is 5.82 Å². The monoisotopic (exact) mass is 343 g/mol. The van der Waals surface area contributed by atoms with Gasteiger partial charge in [-0.3, -0.25) is 0 Å². The molecule has 3 aliphatic heterocycles. The van der Waals surface area contributed by atoms with Gasteiger partial charge >= 0.3 is 6.03 Å². The molecule has 6 heteroatoms. The summed E-state index contributed by atoms with van der Waals surface area (Å²) in [5.41, 5.74) is 0.815. The maximum atomic E-state index is 12.6. The first-order chi connectivity index (χ1) is 12.2. The van der Waals surface area contributed by atoms with Crippen LogP contribution in [0.2, 0.25) is 0 Å². The number of rotatable bonds is 3. The summed E-state index contributed by atoms with van der Waals surface area (Å²) < 4.78 is 0. The van der Waals surface area contributed by atoms with Gasteiger partial charge in [0.05, 0.1) is 5.69 Å². The van der Waals surface area contributed by atoms with E-state index in [1.54, 1.807) is 6.20 Å². The van der Waals surface area contributed by atoms with Crippen LogP contribution in [-0.4, -0.2) is 54.2 Å². The average molecular weight is 343 g/mol. The lowest BCUT2D eigenvalue weighted by Crippen LogP contribution is -2.55. The first-order valence-electron chi connectivity index (χ1n) is 9.70. The molecule has 2 N–H and O–H groups in total. The van der Waals surface area contributed by atoms with Crippen molar-refractivity contribution in [1.82, 2.24) is 15.2 Å². The number of hydrogen-bond donors (Lipinski definition) is 2. The van der Waals surface area contributed by atoms with Crippen molar-refractivity contribution in [3.63, 3.8) is 0 Å². The highest BCUT2D eigenvalue weighted by Crippen LogP contribution is 2.32. The number of aromatic nitrogens is 1. The fourth-order valence-electron chi connectivity index (χ4n) is 4.75. The van der Waals surface area contributed by atoms with Crippen molar-refractivity contribution in [3.8, 4) is 0 Å². The van der Waals surface area contributed by atoms with E-state index in [0.29, 0.717) is 12.1 Å². The molecule has 136 valence electrons. The molecule has 0 spiro atoms. The number of piperidine rings is 2. The van der Waals surface area contributed by atoms with E-state index in [2.05, 4.69) is 32.5 Å². The summed E-state index contributed by atoms with van der Waals surface area (Å²) in [6, 6.07) is 5.26. The Morgan fingerprint density at radius 2 is 1.88 bits per heavy atom. The number of carbonyl (C=O) groups excluding carboxylic acids is 1. The highest BCUT2D eigenvalue weighted by Gasteiger charge is 2.36. The molecule has 2 amide bonds. The summed E-state index contributed by atoms with van der Waals surface area (Å²) in [5, 5.41) is 6.26. The molecule has 25 heavy (non-hydrogen) atoms. The molecule has 3 aliphatic rings. The number of nitrogens with zero attached hydrogens (tertiary/aromatic N) is 3. The summed E-state index contributed by atoms with van der Waals surface area (Å²) in [5.74, 6) is 0.899. The molecule has 1 aromatic heterocycles. The maximum Gasteiger partial charge on any atom is 0.319 e. The number of nitrogens with one attached hydrogen (secondary N) is 2. The van der Waals surface area contributed by atoms with Gasteiger partial charge in [0.1, 0.15) is 0 Å². The minimum atomic E-state index is -0.0962. The molecule has 2 unspecified atom stereocenters. The summed E-state index contributed by atoms with van der Waals surface area (Å²) in [6.07, 6.45) is 10.2. The van der Waals surface area contributed by atoms with Crippen LogP contribution in [0.4, 0.5) is 16.3 Å². The first kappa shape index (κ1) is 16.6. The van der Waals surface area contributed by atoms with Crippen molar-refractivity contribution in [1.29, 1.82) is 0 Å². The molecule has 1 aromatic rings. The zero-order chi connectivity index (χ0) is 17.2. The zero-order valence-corrected chi connectivity index (χ0v) is 15.1. The Labute approximate surface area is 150 Å². The van der Waals surface area contributed by atoms with E-state index in [0.717, 1.165) is 37.4 Å². The number of amides is 2. The van der Waals surface area contributed by atoms with Crippen LogP contribution >= 0.6 is 0 Å². The summed E-state index contributed by atoms with van der Waals surface area (Å²) in [7, 11) is 2.24. The molecule has 3 saturated heterocycles. The largest absolute Gasteiger partial charge is 0.355 e. The molecular formula is C19H29N5O. The van der Waals surface area contributed by atoms with Crippen LogP contribution in [0.1, 0.15) is 44.9 Å². The third-order valence-electron chi connectivity index (χ3n) is 6.12. The maximum absolute atomic E-state index is 12.6. The third-order valence-corrected chi connectivity index (χ3v) is 6.12. The van der Waals surface area contributed by atoms with Gasteiger partial charge in [0.2, 0.25) is 0 Å². The second-order valence-corrected chi connectivity index (χ2v) is 7.74. The normalized spacial score (nSPS) is 29.5. The van der Waals surface area contributed by atoms with E-state index in [1.165, 1.54) is 32.1 Å². The molecular weight excluding hydrogens is 314 g/mol. The summed E-state index contributed by atoms with van der Waals surface area (Å²) in [6.45, 7) is 2.04. The van der Waals surface area contributed by atoms with E-state index in [9.17, 15) is 4.79 Å². The summed E-state index contributed by atoms with van der Waals surface area (Å²) in [4.78, 5) is 21.8. The quantitative estimate of drug-likeness (QED) is 0.886. The minimum Gasteiger partial charge on any atom is -0.355 e. The number of anilines is 2. The van der Waals surface area contributed by atoms with Crippen molar-refractivity contribution in [2.45, 2.75) is 63.1 Å². The van der Waals surface area contributed by atoms with Gasteiger partial charge in [0, 0.05) is 37.4 Å². The lowest BCUT2D eigenvalue weighted by atomic mass is 9.82. The number of carbonyl (C=O) groups is 1. The number of hydrogen-bond acceptors (Lipinski definition) is 4. The predicted octanol–water partition coefficient (Wildman–Crippen LogP) is 2.82. The second-order valence-electron chi connectivity index (χ2n) is 7.74. The van der Waals surface area contributed by atoms with Crippen molar-refractivity contribution in [3.05, 3.63) is 18.3 Å². The fourth-order valence-corrected chi connectivity index (χ4v) is 4.75. The van der Waals surface area contributed by atoms with Crippen LogP contribution in [0.3, 0.4) is 0 Å². The molecule has 4 rings (SSSR count). The van der Waals surface area contributed by atoms with Crippen LogP contribution in [0.5, 0.6) is 0 Å². The van der Waals surface area contributed by atoms with Gasteiger partial charge in [-0.15, -0.1) is 0 Å².